The lowest BCUT2D eigenvalue weighted by Crippen LogP contribution is -2.34. The van der Waals surface area contributed by atoms with Gasteiger partial charge in [0.2, 0.25) is 10.0 Å². The van der Waals surface area contributed by atoms with Crippen molar-refractivity contribution in [2.75, 3.05) is 26.7 Å². The number of nitrogens with zero attached hydrogens (tertiary/aromatic N) is 2. The molecule has 3 N–H and O–H groups in total. The van der Waals surface area contributed by atoms with Gasteiger partial charge in [-0.1, -0.05) is 6.92 Å². The molecule has 0 bridgehead atoms. The van der Waals surface area contributed by atoms with Gasteiger partial charge in [0.15, 0.2) is 0 Å². The van der Waals surface area contributed by atoms with E-state index >= 15 is 0 Å². The summed E-state index contributed by atoms with van der Waals surface area (Å²) >= 11 is 0. The molecule has 0 aliphatic carbocycles. The number of nitrogens with two attached hydrogens (primary N) is 1. The van der Waals surface area contributed by atoms with Crippen molar-refractivity contribution in [3.05, 3.63) is 18.0 Å². The van der Waals surface area contributed by atoms with Crippen molar-refractivity contribution >= 4 is 15.9 Å². The molecule has 1 aromatic rings. The van der Waals surface area contributed by atoms with E-state index in [-0.39, 0.29) is 16.2 Å². The Kier molecular flexibility index (Phi) is 4.14. The highest BCUT2D eigenvalue weighted by atomic mass is 32.2. The first-order valence-corrected chi connectivity index (χ1v) is 8.26. The van der Waals surface area contributed by atoms with Gasteiger partial charge in [-0.25, -0.2) is 8.42 Å². The zero-order valence-electron chi connectivity index (χ0n) is 12.6. The number of carbonyl (C=O) groups is 1. The summed E-state index contributed by atoms with van der Waals surface area (Å²) in [6.07, 6.45) is 2.22. The smallest absolute Gasteiger partial charge is 0.267 e. The number of hydrogen-bond acceptors (Lipinski definition) is 4. The van der Waals surface area contributed by atoms with Crippen LogP contribution in [0, 0.1) is 5.41 Å². The maximum atomic E-state index is 12.7. The summed E-state index contributed by atoms with van der Waals surface area (Å²) in [5.41, 5.74) is 5.86. The maximum absolute atomic E-state index is 12.7. The minimum Gasteiger partial charge on any atom is -0.354 e. The standard InChI is InChI=1S/C13H22N4O3S/c1-13(8-14)4-5-17(9-13)21(19,20)10-6-11(12(18)15-2)16(3)7-10/h6-7H,4-5,8-9,14H2,1-3H3,(H,15,18). The minimum atomic E-state index is -3.59. The van der Waals surface area contributed by atoms with E-state index in [0.717, 1.165) is 6.42 Å². The van der Waals surface area contributed by atoms with Gasteiger partial charge in [-0.3, -0.25) is 4.79 Å². The summed E-state index contributed by atoms with van der Waals surface area (Å²) in [5.74, 6) is -0.313. The number of carbonyl (C=O) groups excluding carboxylic acids is 1. The van der Waals surface area contributed by atoms with Gasteiger partial charge in [-0.05, 0) is 24.4 Å². The van der Waals surface area contributed by atoms with E-state index in [1.807, 2.05) is 6.92 Å². The average molecular weight is 314 g/mol. The molecule has 21 heavy (non-hydrogen) atoms. The van der Waals surface area contributed by atoms with Gasteiger partial charge in [0.05, 0.1) is 0 Å². The molecule has 0 spiro atoms. The van der Waals surface area contributed by atoms with Crippen molar-refractivity contribution in [2.24, 2.45) is 18.2 Å². The fourth-order valence-electron chi connectivity index (χ4n) is 2.53. The normalized spacial score (nSPS) is 23.4. The number of nitrogens with one attached hydrogen (secondary N) is 1. The van der Waals surface area contributed by atoms with Crippen LogP contribution in [0.15, 0.2) is 17.2 Å². The van der Waals surface area contributed by atoms with Gasteiger partial charge in [-0.15, -0.1) is 0 Å². The molecule has 2 heterocycles. The van der Waals surface area contributed by atoms with Crippen LogP contribution in [0.3, 0.4) is 0 Å². The molecule has 1 aliphatic heterocycles. The SMILES string of the molecule is CNC(=O)c1cc(S(=O)(=O)N2CCC(C)(CN)C2)cn1C. The Balaban J connectivity index is 2.31. The number of amides is 1. The molecular formula is C13H22N4O3S. The lowest BCUT2D eigenvalue weighted by atomic mass is 9.90. The van der Waals surface area contributed by atoms with E-state index in [9.17, 15) is 13.2 Å². The second-order valence-corrected chi connectivity index (χ2v) is 7.79. The molecular weight excluding hydrogens is 292 g/mol. The predicted molar refractivity (Wildman–Crippen MR) is 79.3 cm³/mol. The van der Waals surface area contributed by atoms with Crippen molar-refractivity contribution in [1.29, 1.82) is 0 Å². The van der Waals surface area contributed by atoms with Crippen LogP contribution in [0.2, 0.25) is 0 Å². The highest BCUT2D eigenvalue weighted by molar-refractivity contribution is 7.89. The Morgan fingerprint density at radius 1 is 1.52 bits per heavy atom. The van der Waals surface area contributed by atoms with Gasteiger partial charge in [0.25, 0.3) is 5.91 Å². The van der Waals surface area contributed by atoms with Crippen molar-refractivity contribution in [2.45, 2.75) is 18.2 Å². The van der Waals surface area contributed by atoms with Gasteiger partial charge < -0.3 is 15.6 Å². The molecule has 0 saturated carbocycles. The Bertz CT molecular complexity index is 652. The van der Waals surface area contributed by atoms with E-state index in [1.54, 1.807) is 7.05 Å². The lowest BCUT2D eigenvalue weighted by molar-refractivity contribution is 0.0955. The molecule has 0 aromatic carbocycles. The van der Waals surface area contributed by atoms with E-state index in [0.29, 0.717) is 25.3 Å². The molecule has 0 radical (unpaired) electrons. The number of rotatable bonds is 4. The van der Waals surface area contributed by atoms with Crippen LogP contribution in [0.5, 0.6) is 0 Å². The number of sulfonamides is 1. The van der Waals surface area contributed by atoms with Gasteiger partial charge >= 0.3 is 0 Å². The average Bonchev–Trinajstić information content (AvgIpc) is 3.03. The second kappa shape index (κ2) is 5.43. The van der Waals surface area contributed by atoms with Crippen molar-refractivity contribution < 1.29 is 13.2 Å². The molecule has 2 rings (SSSR count). The molecule has 1 aliphatic rings. The van der Waals surface area contributed by atoms with E-state index in [1.165, 1.54) is 28.2 Å². The maximum Gasteiger partial charge on any atom is 0.267 e. The monoisotopic (exact) mass is 314 g/mol. The first kappa shape index (κ1) is 16.0. The number of aryl methyl sites for hydroxylation is 1. The van der Waals surface area contributed by atoms with Crippen LogP contribution in [0.4, 0.5) is 0 Å². The molecule has 1 amide bonds. The molecule has 1 aromatic heterocycles. The van der Waals surface area contributed by atoms with Crippen molar-refractivity contribution in [3.8, 4) is 0 Å². The fourth-order valence-corrected chi connectivity index (χ4v) is 4.19. The summed E-state index contributed by atoms with van der Waals surface area (Å²) in [5, 5.41) is 2.49. The Morgan fingerprint density at radius 3 is 2.71 bits per heavy atom. The quantitative estimate of drug-likeness (QED) is 0.800. The molecule has 1 atom stereocenters. The third kappa shape index (κ3) is 2.83. The Hall–Kier alpha value is -1.38. The van der Waals surface area contributed by atoms with E-state index in [2.05, 4.69) is 5.32 Å². The second-order valence-electron chi connectivity index (χ2n) is 5.85. The molecule has 1 saturated heterocycles. The molecule has 1 fully saturated rings. The molecule has 8 heteroatoms. The van der Waals surface area contributed by atoms with Crippen LogP contribution in [0.25, 0.3) is 0 Å². The largest absolute Gasteiger partial charge is 0.354 e. The third-order valence-electron chi connectivity index (χ3n) is 4.09. The summed E-state index contributed by atoms with van der Waals surface area (Å²) < 4.78 is 28.3. The Labute approximate surface area is 125 Å². The number of aromatic nitrogens is 1. The van der Waals surface area contributed by atoms with E-state index < -0.39 is 10.0 Å². The lowest BCUT2D eigenvalue weighted by Gasteiger charge is -2.22. The summed E-state index contributed by atoms with van der Waals surface area (Å²) in [4.78, 5) is 11.8. The van der Waals surface area contributed by atoms with Gasteiger partial charge in [0.1, 0.15) is 10.6 Å². The first-order valence-electron chi connectivity index (χ1n) is 6.82. The molecule has 7 nitrogen and oxygen atoms in total. The fraction of sp³-hybridized carbons (Fsp3) is 0.615. The summed E-state index contributed by atoms with van der Waals surface area (Å²) in [7, 11) is -0.425. The van der Waals surface area contributed by atoms with Crippen LogP contribution < -0.4 is 11.1 Å². The topological polar surface area (TPSA) is 97.4 Å². The van der Waals surface area contributed by atoms with Crippen LogP contribution in [0.1, 0.15) is 23.8 Å². The van der Waals surface area contributed by atoms with Crippen molar-refractivity contribution in [1.82, 2.24) is 14.2 Å². The zero-order chi connectivity index (χ0) is 15.8. The highest BCUT2D eigenvalue weighted by Crippen LogP contribution is 2.32. The van der Waals surface area contributed by atoms with Crippen LogP contribution in [-0.2, 0) is 17.1 Å². The Morgan fingerprint density at radius 2 is 2.19 bits per heavy atom. The highest BCUT2D eigenvalue weighted by Gasteiger charge is 2.39. The van der Waals surface area contributed by atoms with Gasteiger partial charge in [0, 0.05) is 33.4 Å². The zero-order valence-corrected chi connectivity index (χ0v) is 13.4. The van der Waals surface area contributed by atoms with Crippen LogP contribution >= 0.6 is 0 Å². The van der Waals surface area contributed by atoms with Crippen molar-refractivity contribution in [3.63, 3.8) is 0 Å². The summed E-state index contributed by atoms with van der Waals surface area (Å²) in [6, 6.07) is 1.41. The molecule has 118 valence electrons. The minimum absolute atomic E-state index is 0.143. The predicted octanol–water partition coefficient (Wildman–Crippen LogP) is -0.256. The summed E-state index contributed by atoms with van der Waals surface area (Å²) in [6.45, 7) is 3.32. The number of hydrogen-bond donors (Lipinski definition) is 2. The van der Waals surface area contributed by atoms with Gasteiger partial charge in [-0.2, -0.15) is 4.31 Å². The van der Waals surface area contributed by atoms with Crippen LogP contribution in [-0.4, -0.2) is 49.9 Å². The third-order valence-corrected chi connectivity index (χ3v) is 5.90. The van der Waals surface area contributed by atoms with E-state index in [4.69, 9.17) is 5.73 Å². The first-order chi connectivity index (χ1) is 9.73. The molecule has 1 unspecified atom stereocenters.